The van der Waals surface area contributed by atoms with Crippen LogP contribution in [0.5, 0.6) is 0 Å². The van der Waals surface area contributed by atoms with E-state index in [2.05, 4.69) is 10.6 Å². The van der Waals surface area contributed by atoms with Crippen molar-refractivity contribution < 1.29 is 14.0 Å². The molecule has 2 aromatic rings. The summed E-state index contributed by atoms with van der Waals surface area (Å²) in [5.41, 5.74) is 1.71. The van der Waals surface area contributed by atoms with E-state index in [0.717, 1.165) is 11.1 Å². The fraction of sp³-hybridized carbons (Fsp3) is 0.263. The zero-order chi connectivity index (χ0) is 17.3. The van der Waals surface area contributed by atoms with Gasteiger partial charge in [-0.2, -0.15) is 0 Å². The van der Waals surface area contributed by atoms with Crippen LogP contribution in [0.4, 0.5) is 15.8 Å². The molecular weight excluding hydrogens is 307 g/mol. The van der Waals surface area contributed by atoms with Crippen LogP contribution >= 0.6 is 0 Å². The molecule has 2 amide bonds. The number of amides is 2. The number of carbonyl (C=O) groups excluding carboxylic acids is 2. The molecule has 0 spiro atoms. The lowest BCUT2D eigenvalue weighted by atomic mass is 10.0. The zero-order valence-electron chi connectivity index (χ0n) is 13.7. The van der Waals surface area contributed by atoms with E-state index in [1.165, 1.54) is 12.1 Å². The number of carbonyl (C=O) groups is 2. The third-order valence-corrected chi connectivity index (χ3v) is 4.59. The van der Waals surface area contributed by atoms with E-state index in [0.29, 0.717) is 18.5 Å². The van der Waals surface area contributed by atoms with Gasteiger partial charge >= 0.3 is 0 Å². The molecule has 2 N–H and O–H groups in total. The van der Waals surface area contributed by atoms with Crippen LogP contribution in [0.25, 0.3) is 0 Å². The summed E-state index contributed by atoms with van der Waals surface area (Å²) in [5.74, 6) is -1.32. The lowest BCUT2D eigenvalue weighted by molar-refractivity contribution is -0.131. The predicted molar refractivity (Wildman–Crippen MR) is 91.2 cm³/mol. The fourth-order valence-corrected chi connectivity index (χ4v) is 2.62. The molecule has 0 bridgehead atoms. The minimum absolute atomic E-state index is 0.0910. The number of aryl methyl sites for hydroxylation is 1. The Morgan fingerprint density at radius 2 is 1.50 bits per heavy atom. The quantitative estimate of drug-likeness (QED) is 0.840. The fourth-order valence-electron chi connectivity index (χ4n) is 2.62. The van der Waals surface area contributed by atoms with E-state index in [9.17, 15) is 14.0 Å². The number of nitrogens with one attached hydrogen (secondary N) is 2. The molecule has 0 unspecified atom stereocenters. The number of hydrogen-bond donors (Lipinski definition) is 2. The Balaban J connectivity index is 1.76. The number of rotatable bonds is 4. The molecule has 1 fully saturated rings. The number of benzene rings is 2. The molecule has 1 aliphatic carbocycles. The number of hydrogen-bond acceptors (Lipinski definition) is 2. The first-order valence-electron chi connectivity index (χ1n) is 7.88. The van der Waals surface area contributed by atoms with Crippen LogP contribution in [0.15, 0.2) is 42.5 Å². The molecule has 0 atom stereocenters. The Bertz CT molecular complexity index is 813. The third-order valence-electron chi connectivity index (χ3n) is 4.59. The molecule has 5 heteroatoms. The summed E-state index contributed by atoms with van der Waals surface area (Å²) >= 11 is 0. The number of anilines is 2. The largest absolute Gasteiger partial charge is 0.325 e. The van der Waals surface area contributed by atoms with Gasteiger partial charge in [-0.05, 0) is 56.0 Å². The molecule has 0 saturated heterocycles. The molecule has 4 nitrogen and oxygen atoms in total. The predicted octanol–water partition coefficient (Wildman–Crippen LogP) is 3.80. The van der Waals surface area contributed by atoms with Crippen molar-refractivity contribution in [2.75, 3.05) is 10.6 Å². The van der Waals surface area contributed by atoms with E-state index >= 15 is 0 Å². The maximum absolute atomic E-state index is 13.7. The van der Waals surface area contributed by atoms with Gasteiger partial charge in [-0.15, -0.1) is 0 Å². The Kier molecular flexibility index (Phi) is 4.09. The Labute approximate surface area is 140 Å². The van der Waals surface area contributed by atoms with Gasteiger partial charge in [0, 0.05) is 5.69 Å². The maximum Gasteiger partial charge on any atom is 0.240 e. The highest BCUT2D eigenvalue weighted by molar-refractivity contribution is 6.17. The first kappa shape index (κ1) is 16.2. The maximum atomic E-state index is 13.7. The monoisotopic (exact) mass is 326 g/mol. The molecule has 3 rings (SSSR count). The highest BCUT2D eigenvalue weighted by Crippen LogP contribution is 2.47. The smallest absolute Gasteiger partial charge is 0.240 e. The van der Waals surface area contributed by atoms with Crippen molar-refractivity contribution in [1.29, 1.82) is 0 Å². The van der Waals surface area contributed by atoms with Crippen molar-refractivity contribution in [2.24, 2.45) is 5.41 Å². The van der Waals surface area contributed by atoms with E-state index in [4.69, 9.17) is 0 Å². The topological polar surface area (TPSA) is 58.2 Å². The lowest BCUT2D eigenvalue weighted by Gasteiger charge is -2.17. The molecule has 0 aliphatic heterocycles. The van der Waals surface area contributed by atoms with Gasteiger partial charge < -0.3 is 10.6 Å². The van der Waals surface area contributed by atoms with Crippen molar-refractivity contribution in [1.82, 2.24) is 0 Å². The number of para-hydroxylation sites is 1. The van der Waals surface area contributed by atoms with Crippen LogP contribution in [0.2, 0.25) is 0 Å². The Morgan fingerprint density at radius 3 is 2.12 bits per heavy atom. The van der Waals surface area contributed by atoms with Gasteiger partial charge in [-0.25, -0.2) is 4.39 Å². The van der Waals surface area contributed by atoms with Crippen LogP contribution in [0.3, 0.4) is 0 Å². The SMILES string of the molecule is Cc1cccc(NC(=O)C2(C(=O)Nc3ccccc3F)CC2)c1C. The second-order valence-corrected chi connectivity index (χ2v) is 6.22. The highest BCUT2D eigenvalue weighted by Gasteiger charge is 2.56. The third kappa shape index (κ3) is 2.89. The van der Waals surface area contributed by atoms with Crippen LogP contribution in [-0.4, -0.2) is 11.8 Å². The minimum Gasteiger partial charge on any atom is -0.325 e. The average Bonchev–Trinajstić information content (AvgIpc) is 3.36. The van der Waals surface area contributed by atoms with Crippen LogP contribution in [0, 0.1) is 25.1 Å². The van der Waals surface area contributed by atoms with Gasteiger partial charge in [-0.3, -0.25) is 9.59 Å². The molecule has 0 radical (unpaired) electrons. The van der Waals surface area contributed by atoms with Crippen LogP contribution < -0.4 is 10.6 Å². The summed E-state index contributed by atoms with van der Waals surface area (Å²) in [6.07, 6.45) is 0.925. The molecule has 1 aliphatic rings. The molecule has 0 heterocycles. The first-order chi connectivity index (χ1) is 11.4. The summed E-state index contributed by atoms with van der Waals surface area (Å²) in [6, 6.07) is 11.6. The van der Waals surface area contributed by atoms with Crippen molar-refractivity contribution in [3.8, 4) is 0 Å². The second-order valence-electron chi connectivity index (χ2n) is 6.22. The molecule has 0 aromatic heterocycles. The molecule has 2 aromatic carbocycles. The van der Waals surface area contributed by atoms with Gasteiger partial charge in [-0.1, -0.05) is 24.3 Å². The van der Waals surface area contributed by atoms with Crippen molar-refractivity contribution in [3.05, 3.63) is 59.4 Å². The van der Waals surface area contributed by atoms with Crippen LogP contribution in [-0.2, 0) is 9.59 Å². The normalized spacial score (nSPS) is 14.8. The molecule has 124 valence electrons. The van der Waals surface area contributed by atoms with E-state index in [1.807, 2.05) is 32.0 Å². The molecule has 24 heavy (non-hydrogen) atoms. The Hall–Kier alpha value is -2.69. The van der Waals surface area contributed by atoms with Gasteiger partial charge in [0.25, 0.3) is 0 Å². The van der Waals surface area contributed by atoms with Crippen molar-refractivity contribution in [2.45, 2.75) is 26.7 Å². The van der Waals surface area contributed by atoms with E-state index in [1.54, 1.807) is 12.1 Å². The van der Waals surface area contributed by atoms with Gasteiger partial charge in [0.2, 0.25) is 11.8 Å². The van der Waals surface area contributed by atoms with E-state index in [-0.39, 0.29) is 11.6 Å². The Morgan fingerprint density at radius 1 is 0.917 bits per heavy atom. The summed E-state index contributed by atoms with van der Waals surface area (Å²) < 4.78 is 13.7. The highest BCUT2D eigenvalue weighted by atomic mass is 19.1. The van der Waals surface area contributed by atoms with Gasteiger partial charge in [0.1, 0.15) is 11.2 Å². The van der Waals surface area contributed by atoms with Gasteiger partial charge in [0.05, 0.1) is 5.69 Å². The minimum atomic E-state index is -1.11. The summed E-state index contributed by atoms with van der Waals surface area (Å²) in [5, 5.41) is 5.37. The lowest BCUT2D eigenvalue weighted by Crippen LogP contribution is -2.36. The first-order valence-corrected chi connectivity index (χ1v) is 7.88. The zero-order valence-corrected chi connectivity index (χ0v) is 13.7. The van der Waals surface area contributed by atoms with Crippen molar-refractivity contribution in [3.63, 3.8) is 0 Å². The standard InChI is InChI=1S/C19H19FN2O2/c1-12-6-5-9-15(13(12)2)21-17(23)19(10-11-19)18(24)22-16-8-4-3-7-14(16)20/h3-9H,10-11H2,1-2H3,(H,21,23)(H,22,24). The summed E-state index contributed by atoms with van der Waals surface area (Å²) in [6.45, 7) is 3.88. The molecule has 1 saturated carbocycles. The van der Waals surface area contributed by atoms with Crippen LogP contribution in [0.1, 0.15) is 24.0 Å². The van der Waals surface area contributed by atoms with Gasteiger partial charge in [0.15, 0.2) is 0 Å². The van der Waals surface area contributed by atoms with E-state index < -0.39 is 17.1 Å². The second kappa shape index (κ2) is 6.07. The average molecular weight is 326 g/mol. The molecular formula is C19H19FN2O2. The summed E-state index contributed by atoms with van der Waals surface area (Å²) in [4.78, 5) is 25.1. The number of halogens is 1. The van der Waals surface area contributed by atoms with Crippen molar-refractivity contribution >= 4 is 23.2 Å². The summed E-state index contributed by atoms with van der Waals surface area (Å²) in [7, 11) is 0.